The Morgan fingerprint density at radius 1 is 1.09 bits per heavy atom. The number of hydrogen-bond acceptors (Lipinski definition) is 3. The Hall–Kier alpha value is -3.18. The number of thiophene rings is 1. The summed E-state index contributed by atoms with van der Waals surface area (Å²) in [6, 6.07) is 20.1. The summed E-state index contributed by atoms with van der Waals surface area (Å²) >= 11 is 1.76. The molecule has 1 aliphatic rings. The van der Waals surface area contributed by atoms with Gasteiger partial charge in [0, 0.05) is 23.5 Å². The van der Waals surface area contributed by atoms with E-state index in [1.165, 1.54) is 16.0 Å². The summed E-state index contributed by atoms with van der Waals surface area (Å²) in [5.74, 6) is -0.171. The normalized spacial score (nSPS) is 15.6. The van der Waals surface area contributed by atoms with Crippen molar-refractivity contribution in [3.05, 3.63) is 99.3 Å². The van der Waals surface area contributed by atoms with Gasteiger partial charge in [-0.2, -0.15) is 0 Å². The second-order valence-corrected chi connectivity index (χ2v) is 9.75. The first kappa shape index (κ1) is 23.0. The van der Waals surface area contributed by atoms with Gasteiger partial charge in [-0.05, 0) is 61.4 Å². The predicted molar refractivity (Wildman–Crippen MR) is 135 cm³/mol. The molecule has 0 fully saturated rings. The first-order chi connectivity index (χ1) is 15.9. The van der Waals surface area contributed by atoms with Gasteiger partial charge in [0.2, 0.25) is 11.8 Å². The summed E-state index contributed by atoms with van der Waals surface area (Å²) in [7, 11) is 0. The van der Waals surface area contributed by atoms with Crippen LogP contribution in [-0.4, -0.2) is 40.7 Å². The molecule has 5 heteroatoms. The highest BCUT2D eigenvalue weighted by Gasteiger charge is 2.34. The van der Waals surface area contributed by atoms with Crippen LogP contribution < -0.4 is 0 Å². The van der Waals surface area contributed by atoms with Crippen molar-refractivity contribution in [2.45, 2.75) is 39.3 Å². The van der Waals surface area contributed by atoms with Crippen LogP contribution in [0.1, 0.15) is 47.0 Å². The second-order valence-electron chi connectivity index (χ2n) is 8.75. The molecule has 1 unspecified atom stereocenters. The van der Waals surface area contributed by atoms with E-state index in [9.17, 15) is 9.59 Å². The van der Waals surface area contributed by atoms with Crippen molar-refractivity contribution in [1.29, 1.82) is 0 Å². The molecule has 0 saturated carbocycles. The van der Waals surface area contributed by atoms with Gasteiger partial charge in [-0.25, -0.2) is 0 Å². The van der Waals surface area contributed by atoms with Gasteiger partial charge in [-0.15, -0.1) is 11.3 Å². The number of fused-ring (bicyclic) bond motifs is 1. The van der Waals surface area contributed by atoms with E-state index in [1.807, 2.05) is 49.1 Å². The Kier molecular flexibility index (Phi) is 7.09. The Morgan fingerprint density at radius 2 is 1.82 bits per heavy atom. The summed E-state index contributed by atoms with van der Waals surface area (Å²) < 4.78 is 0. The molecule has 2 amide bonds. The van der Waals surface area contributed by atoms with Gasteiger partial charge in [-0.3, -0.25) is 9.59 Å². The zero-order valence-corrected chi connectivity index (χ0v) is 20.2. The summed E-state index contributed by atoms with van der Waals surface area (Å²) in [5, 5.41) is 2.11. The maximum Gasteiger partial charge on any atom is 0.247 e. The zero-order valence-electron chi connectivity index (χ0n) is 19.4. The second kappa shape index (κ2) is 10.2. The number of hydrogen-bond donors (Lipinski definition) is 0. The molecule has 1 aromatic heterocycles. The molecule has 3 aromatic rings. The van der Waals surface area contributed by atoms with E-state index in [1.54, 1.807) is 28.4 Å². The average molecular weight is 459 g/mol. The Labute approximate surface area is 200 Å². The Balaban J connectivity index is 1.56. The maximum absolute atomic E-state index is 13.6. The minimum absolute atomic E-state index is 0.0208. The number of rotatable bonds is 6. The van der Waals surface area contributed by atoms with Gasteiger partial charge in [0.1, 0.15) is 6.54 Å². The lowest BCUT2D eigenvalue weighted by Gasteiger charge is -2.38. The molecule has 0 aliphatic carbocycles. The third kappa shape index (κ3) is 5.25. The van der Waals surface area contributed by atoms with Crippen molar-refractivity contribution in [1.82, 2.24) is 9.80 Å². The lowest BCUT2D eigenvalue weighted by molar-refractivity contribution is -0.140. The maximum atomic E-state index is 13.6. The van der Waals surface area contributed by atoms with Crippen LogP contribution in [0.2, 0.25) is 0 Å². The van der Waals surface area contributed by atoms with E-state index in [-0.39, 0.29) is 30.4 Å². The van der Waals surface area contributed by atoms with Gasteiger partial charge < -0.3 is 9.80 Å². The fourth-order valence-corrected chi connectivity index (χ4v) is 5.18. The van der Waals surface area contributed by atoms with E-state index >= 15 is 0 Å². The monoisotopic (exact) mass is 458 g/mol. The first-order valence-electron chi connectivity index (χ1n) is 11.4. The van der Waals surface area contributed by atoms with Crippen molar-refractivity contribution < 1.29 is 9.59 Å². The van der Waals surface area contributed by atoms with Crippen LogP contribution in [0.5, 0.6) is 0 Å². The minimum atomic E-state index is -0.151. The highest BCUT2D eigenvalue weighted by Crippen LogP contribution is 2.38. The van der Waals surface area contributed by atoms with Gasteiger partial charge in [0.25, 0.3) is 0 Å². The molecular formula is C28H30N2O2S. The van der Waals surface area contributed by atoms with Crippen molar-refractivity contribution in [3.8, 4) is 0 Å². The largest absolute Gasteiger partial charge is 0.330 e. The minimum Gasteiger partial charge on any atom is -0.330 e. The first-order valence-corrected chi connectivity index (χ1v) is 12.3. The topological polar surface area (TPSA) is 40.6 Å². The van der Waals surface area contributed by atoms with Crippen molar-refractivity contribution >= 4 is 29.2 Å². The Morgan fingerprint density at radius 3 is 2.52 bits per heavy atom. The molecule has 0 spiro atoms. The summed E-state index contributed by atoms with van der Waals surface area (Å²) in [4.78, 5) is 31.5. The third-order valence-electron chi connectivity index (χ3n) is 6.11. The zero-order chi connectivity index (χ0) is 23.4. The lowest BCUT2D eigenvalue weighted by atomic mass is 9.92. The van der Waals surface area contributed by atoms with Crippen molar-refractivity contribution in [2.24, 2.45) is 0 Å². The van der Waals surface area contributed by atoms with E-state index in [2.05, 4.69) is 42.6 Å². The molecular weight excluding hydrogens is 428 g/mol. The molecule has 0 saturated heterocycles. The van der Waals surface area contributed by atoms with Gasteiger partial charge in [0.15, 0.2) is 0 Å². The standard InChI is InChI=1S/C28H30N2O2S/c1-20(2)30(26(31)14-11-22-7-5-4-6-8-22)19-27(32)29-17-15-25-24(16-18-33-25)28(29)23-12-9-21(3)10-13-23/h4-14,16,18,20,28H,15,17,19H2,1-3H3/b14-11+. The lowest BCUT2D eigenvalue weighted by Crippen LogP contribution is -2.48. The Bertz CT molecular complexity index is 1130. The highest BCUT2D eigenvalue weighted by atomic mass is 32.1. The summed E-state index contributed by atoms with van der Waals surface area (Å²) in [6.45, 7) is 6.69. The fourth-order valence-electron chi connectivity index (χ4n) is 4.27. The molecule has 1 aliphatic heterocycles. The number of benzene rings is 2. The number of nitrogens with zero attached hydrogens (tertiary/aromatic N) is 2. The van der Waals surface area contributed by atoms with Crippen LogP contribution in [0.3, 0.4) is 0 Å². The van der Waals surface area contributed by atoms with Crippen LogP contribution in [0.15, 0.2) is 72.1 Å². The van der Waals surface area contributed by atoms with E-state index in [0.29, 0.717) is 6.54 Å². The molecule has 2 heterocycles. The molecule has 1 atom stereocenters. The van der Waals surface area contributed by atoms with Gasteiger partial charge in [0.05, 0.1) is 6.04 Å². The highest BCUT2D eigenvalue weighted by molar-refractivity contribution is 7.10. The molecule has 0 radical (unpaired) electrons. The molecule has 2 aromatic carbocycles. The van der Waals surface area contributed by atoms with Crippen LogP contribution in [-0.2, 0) is 16.0 Å². The molecule has 170 valence electrons. The number of carbonyl (C=O) groups is 2. The van der Waals surface area contributed by atoms with Crippen LogP contribution >= 0.6 is 11.3 Å². The summed E-state index contributed by atoms with van der Waals surface area (Å²) in [6.07, 6.45) is 4.22. The number of aryl methyl sites for hydroxylation is 1. The number of carbonyl (C=O) groups excluding carboxylic acids is 2. The number of amides is 2. The summed E-state index contributed by atoms with van der Waals surface area (Å²) in [5.41, 5.74) is 4.47. The molecule has 4 nitrogen and oxygen atoms in total. The van der Waals surface area contributed by atoms with Crippen LogP contribution in [0, 0.1) is 6.92 Å². The quantitative estimate of drug-likeness (QED) is 0.459. The SMILES string of the molecule is Cc1ccc(C2c3ccsc3CCN2C(=O)CN(C(=O)/C=C/c2ccccc2)C(C)C)cc1. The van der Waals surface area contributed by atoms with E-state index in [0.717, 1.165) is 17.5 Å². The molecule has 4 rings (SSSR count). The van der Waals surface area contributed by atoms with Crippen LogP contribution in [0.4, 0.5) is 0 Å². The van der Waals surface area contributed by atoms with E-state index in [4.69, 9.17) is 0 Å². The van der Waals surface area contributed by atoms with Crippen molar-refractivity contribution in [3.63, 3.8) is 0 Å². The van der Waals surface area contributed by atoms with Gasteiger partial charge >= 0.3 is 0 Å². The molecule has 33 heavy (non-hydrogen) atoms. The molecule has 0 N–H and O–H groups in total. The fraction of sp³-hybridized carbons (Fsp3) is 0.286. The smallest absolute Gasteiger partial charge is 0.247 e. The van der Waals surface area contributed by atoms with E-state index < -0.39 is 0 Å². The van der Waals surface area contributed by atoms with Crippen molar-refractivity contribution in [2.75, 3.05) is 13.1 Å². The average Bonchev–Trinajstić information content (AvgIpc) is 3.30. The van der Waals surface area contributed by atoms with Crippen LogP contribution in [0.25, 0.3) is 6.08 Å². The molecule has 0 bridgehead atoms. The van der Waals surface area contributed by atoms with Gasteiger partial charge in [-0.1, -0.05) is 60.2 Å². The predicted octanol–water partition coefficient (Wildman–Crippen LogP) is 5.48. The third-order valence-corrected chi connectivity index (χ3v) is 7.11.